The summed E-state index contributed by atoms with van der Waals surface area (Å²) in [5.41, 5.74) is 0.942. The molecular weight excluding hydrogens is 230 g/mol. The molecule has 2 N–H and O–H groups in total. The normalized spacial score (nSPS) is 12.2. The van der Waals surface area contributed by atoms with Crippen molar-refractivity contribution in [1.29, 1.82) is 0 Å². The molecule has 0 fully saturated rings. The zero-order valence-corrected chi connectivity index (χ0v) is 10.9. The molecule has 0 unspecified atom stereocenters. The Hall–Kier alpha value is -1.55. The highest BCUT2D eigenvalue weighted by atomic mass is 16.5. The monoisotopic (exact) mass is 251 g/mol. The maximum atomic E-state index is 11.5. The number of rotatable bonds is 6. The van der Waals surface area contributed by atoms with E-state index in [0.29, 0.717) is 5.92 Å². The van der Waals surface area contributed by atoms with Gasteiger partial charge in [-0.3, -0.25) is 0 Å². The fraction of sp³-hybridized carbons (Fsp3) is 0.500. The number of carbonyl (C=O) groups is 1. The number of hydrogen-bond donors (Lipinski definition) is 2. The molecule has 4 nitrogen and oxygen atoms in total. The lowest BCUT2D eigenvalue weighted by atomic mass is 10.0. The van der Waals surface area contributed by atoms with Gasteiger partial charge in [0.05, 0.1) is 12.6 Å². The summed E-state index contributed by atoms with van der Waals surface area (Å²) in [5.74, 6) is 0.413. The molecule has 0 aliphatic carbocycles. The first-order chi connectivity index (χ1) is 8.61. The minimum atomic E-state index is -0.487. The Morgan fingerprint density at radius 3 is 2.56 bits per heavy atom. The van der Waals surface area contributed by atoms with Crippen LogP contribution in [0.5, 0.6) is 0 Å². The number of nitrogens with one attached hydrogen (secondary N) is 1. The minimum Gasteiger partial charge on any atom is -0.445 e. The number of ether oxygens (including phenoxy) is 1. The van der Waals surface area contributed by atoms with Crippen LogP contribution in [-0.2, 0) is 11.3 Å². The van der Waals surface area contributed by atoms with Crippen LogP contribution in [0.3, 0.4) is 0 Å². The predicted octanol–water partition coefficient (Wildman–Crippen LogP) is 2.32. The standard InChI is InChI=1S/C14H21NO3/c1-11(2)8-13(9-16)15-14(17)18-10-12-6-4-3-5-7-12/h3-7,11,13,16H,8-10H2,1-2H3,(H,15,17)/t13-/m1/s1. The summed E-state index contributed by atoms with van der Waals surface area (Å²) >= 11 is 0. The molecule has 0 radical (unpaired) electrons. The third kappa shape index (κ3) is 5.68. The fourth-order valence-corrected chi connectivity index (χ4v) is 1.68. The second kappa shape index (κ2) is 7.71. The SMILES string of the molecule is CC(C)C[C@H](CO)NC(=O)OCc1ccccc1. The third-order valence-electron chi connectivity index (χ3n) is 2.51. The lowest BCUT2D eigenvalue weighted by Crippen LogP contribution is -2.38. The van der Waals surface area contributed by atoms with E-state index in [-0.39, 0.29) is 19.3 Å². The Bertz CT molecular complexity index is 351. The van der Waals surface area contributed by atoms with Crippen molar-refractivity contribution in [2.75, 3.05) is 6.61 Å². The van der Waals surface area contributed by atoms with Gasteiger partial charge in [0.25, 0.3) is 0 Å². The number of aliphatic hydroxyl groups excluding tert-OH is 1. The van der Waals surface area contributed by atoms with Crippen LogP contribution in [0.15, 0.2) is 30.3 Å². The van der Waals surface area contributed by atoms with Crippen molar-refractivity contribution < 1.29 is 14.6 Å². The average Bonchev–Trinajstić information content (AvgIpc) is 2.36. The van der Waals surface area contributed by atoms with Gasteiger partial charge in [-0.15, -0.1) is 0 Å². The van der Waals surface area contributed by atoms with Gasteiger partial charge in [-0.1, -0.05) is 44.2 Å². The molecule has 1 amide bonds. The second-order valence-electron chi connectivity index (χ2n) is 4.72. The number of amides is 1. The third-order valence-corrected chi connectivity index (χ3v) is 2.51. The Labute approximate surface area is 108 Å². The van der Waals surface area contributed by atoms with Crippen molar-refractivity contribution in [2.24, 2.45) is 5.92 Å². The molecule has 1 atom stereocenters. The first-order valence-electron chi connectivity index (χ1n) is 6.20. The molecule has 0 saturated carbocycles. The highest BCUT2D eigenvalue weighted by Gasteiger charge is 2.13. The van der Waals surface area contributed by atoms with Gasteiger partial charge in [0.15, 0.2) is 0 Å². The Kier molecular flexibility index (Phi) is 6.22. The molecule has 1 rings (SSSR count). The molecule has 18 heavy (non-hydrogen) atoms. The summed E-state index contributed by atoms with van der Waals surface area (Å²) in [6.45, 7) is 4.25. The van der Waals surface area contributed by atoms with E-state index in [2.05, 4.69) is 5.32 Å². The number of carbonyl (C=O) groups excluding carboxylic acids is 1. The van der Waals surface area contributed by atoms with E-state index in [9.17, 15) is 4.79 Å². The van der Waals surface area contributed by atoms with Crippen LogP contribution in [0, 0.1) is 5.92 Å². The number of alkyl carbamates (subject to hydrolysis) is 1. The molecule has 0 spiro atoms. The summed E-state index contributed by atoms with van der Waals surface area (Å²) in [4.78, 5) is 11.5. The highest BCUT2D eigenvalue weighted by Crippen LogP contribution is 2.05. The maximum Gasteiger partial charge on any atom is 0.407 e. The summed E-state index contributed by atoms with van der Waals surface area (Å²) in [6, 6.07) is 9.25. The molecule has 4 heteroatoms. The molecule has 0 aliphatic heterocycles. The van der Waals surface area contributed by atoms with Gasteiger partial charge in [0.1, 0.15) is 6.61 Å². The number of aliphatic hydroxyl groups is 1. The summed E-state index contributed by atoms with van der Waals surface area (Å²) in [6.07, 6.45) is 0.246. The van der Waals surface area contributed by atoms with Gasteiger partial charge in [0, 0.05) is 0 Å². The molecule has 1 aromatic rings. The van der Waals surface area contributed by atoms with Gasteiger partial charge >= 0.3 is 6.09 Å². The zero-order valence-electron chi connectivity index (χ0n) is 10.9. The van der Waals surface area contributed by atoms with Crippen molar-refractivity contribution in [2.45, 2.75) is 32.9 Å². The first kappa shape index (κ1) is 14.5. The molecular formula is C14H21NO3. The second-order valence-corrected chi connectivity index (χ2v) is 4.72. The van der Waals surface area contributed by atoms with Crippen LogP contribution in [0.25, 0.3) is 0 Å². The summed E-state index contributed by atoms with van der Waals surface area (Å²) < 4.78 is 5.08. The van der Waals surface area contributed by atoms with E-state index in [0.717, 1.165) is 12.0 Å². The van der Waals surface area contributed by atoms with E-state index in [1.807, 2.05) is 44.2 Å². The van der Waals surface area contributed by atoms with Crippen LogP contribution in [-0.4, -0.2) is 23.8 Å². The van der Waals surface area contributed by atoms with Crippen molar-refractivity contribution in [3.63, 3.8) is 0 Å². The molecule has 0 saturated heterocycles. The van der Waals surface area contributed by atoms with Gasteiger partial charge in [-0.2, -0.15) is 0 Å². The smallest absolute Gasteiger partial charge is 0.407 e. The molecule has 0 aliphatic rings. The Balaban J connectivity index is 2.32. The van der Waals surface area contributed by atoms with Gasteiger partial charge in [0.2, 0.25) is 0 Å². The maximum absolute atomic E-state index is 11.5. The van der Waals surface area contributed by atoms with Gasteiger partial charge in [-0.05, 0) is 17.9 Å². The van der Waals surface area contributed by atoms with Crippen LogP contribution in [0.4, 0.5) is 4.79 Å². The van der Waals surface area contributed by atoms with Crippen molar-refractivity contribution in [3.8, 4) is 0 Å². The first-order valence-corrected chi connectivity index (χ1v) is 6.20. The van der Waals surface area contributed by atoms with E-state index in [4.69, 9.17) is 9.84 Å². The van der Waals surface area contributed by atoms with E-state index >= 15 is 0 Å². The van der Waals surface area contributed by atoms with E-state index in [1.165, 1.54) is 0 Å². The lowest BCUT2D eigenvalue weighted by Gasteiger charge is -2.17. The van der Waals surface area contributed by atoms with E-state index in [1.54, 1.807) is 0 Å². The number of hydrogen-bond acceptors (Lipinski definition) is 3. The molecule has 100 valence electrons. The van der Waals surface area contributed by atoms with Crippen LogP contribution < -0.4 is 5.32 Å². The van der Waals surface area contributed by atoms with Gasteiger partial charge in [-0.25, -0.2) is 4.79 Å². The summed E-state index contributed by atoms with van der Waals surface area (Å²) in [7, 11) is 0. The molecule has 0 aromatic heterocycles. The minimum absolute atomic E-state index is 0.0708. The van der Waals surface area contributed by atoms with Crippen molar-refractivity contribution in [3.05, 3.63) is 35.9 Å². The Morgan fingerprint density at radius 2 is 2.00 bits per heavy atom. The lowest BCUT2D eigenvalue weighted by molar-refractivity contribution is 0.126. The predicted molar refractivity (Wildman–Crippen MR) is 70.1 cm³/mol. The van der Waals surface area contributed by atoms with Crippen molar-refractivity contribution in [1.82, 2.24) is 5.32 Å². The Morgan fingerprint density at radius 1 is 1.33 bits per heavy atom. The zero-order chi connectivity index (χ0) is 13.4. The summed E-state index contributed by atoms with van der Waals surface area (Å²) in [5, 5.41) is 11.8. The topological polar surface area (TPSA) is 58.6 Å². The van der Waals surface area contributed by atoms with Crippen molar-refractivity contribution >= 4 is 6.09 Å². The van der Waals surface area contributed by atoms with Crippen LogP contribution in [0.1, 0.15) is 25.8 Å². The molecule has 1 aromatic carbocycles. The molecule has 0 bridgehead atoms. The highest BCUT2D eigenvalue weighted by molar-refractivity contribution is 5.67. The van der Waals surface area contributed by atoms with Crippen LogP contribution in [0.2, 0.25) is 0 Å². The van der Waals surface area contributed by atoms with Crippen LogP contribution >= 0.6 is 0 Å². The largest absolute Gasteiger partial charge is 0.445 e. The number of benzene rings is 1. The van der Waals surface area contributed by atoms with Gasteiger partial charge < -0.3 is 15.2 Å². The average molecular weight is 251 g/mol. The quantitative estimate of drug-likeness (QED) is 0.815. The van der Waals surface area contributed by atoms with E-state index < -0.39 is 6.09 Å². The molecule has 0 heterocycles. The fourth-order valence-electron chi connectivity index (χ4n) is 1.68.